The molecule has 0 fully saturated rings. The summed E-state index contributed by atoms with van der Waals surface area (Å²) in [6.45, 7) is 8.76. The lowest BCUT2D eigenvalue weighted by atomic mass is 9.91. The van der Waals surface area contributed by atoms with Crippen LogP contribution in [0, 0.1) is 17.9 Å². The second-order valence-electron chi connectivity index (χ2n) is 18.7. The molecule has 14 aromatic rings. The molecular formula is C64H37N14+. The highest BCUT2D eigenvalue weighted by molar-refractivity contribution is 6.14. The number of rotatable bonds is 8. The topological polar surface area (TPSA) is 153 Å². The largest absolute Gasteiger partial charge is 0.312 e. The van der Waals surface area contributed by atoms with Crippen LogP contribution in [0.3, 0.4) is 0 Å². The number of pyridine rings is 4. The van der Waals surface area contributed by atoms with Crippen molar-refractivity contribution >= 4 is 50.2 Å². The van der Waals surface area contributed by atoms with Gasteiger partial charge < -0.3 is 0 Å². The van der Waals surface area contributed by atoms with Crippen LogP contribution in [0.4, 0.5) is 0 Å². The summed E-state index contributed by atoms with van der Waals surface area (Å²) in [5, 5.41) is 11.3. The molecule has 8 heterocycles. The van der Waals surface area contributed by atoms with E-state index in [0.29, 0.717) is 95.7 Å². The Morgan fingerprint density at radius 2 is 0.910 bits per heavy atom. The van der Waals surface area contributed by atoms with Gasteiger partial charge >= 0.3 is 5.65 Å². The molecular weight excluding hydrogens is 965 g/mol. The van der Waals surface area contributed by atoms with Gasteiger partial charge in [-0.2, -0.15) is 4.57 Å². The number of nitriles is 1. The third-order valence-electron chi connectivity index (χ3n) is 14.3. The average molecular weight is 1000 g/mol. The van der Waals surface area contributed by atoms with Crippen molar-refractivity contribution < 1.29 is 4.57 Å². The number of nitrogens with zero attached hydrogens (tertiary/aromatic N) is 13. The lowest BCUT2D eigenvalue weighted by molar-refractivity contribution is -0.569. The van der Waals surface area contributed by atoms with Gasteiger partial charge in [-0.3, -0.25) is 13.7 Å². The molecule has 1 N–H and O–H groups in total. The van der Waals surface area contributed by atoms with Gasteiger partial charge in [-0.15, -0.1) is 0 Å². The molecule has 0 saturated carbocycles. The number of H-pyrrole nitrogens is 1. The van der Waals surface area contributed by atoms with Crippen LogP contribution in [-0.4, -0.2) is 53.6 Å². The molecule has 0 spiro atoms. The first kappa shape index (κ1) is 44.0. The normalized spacial score (nSPS) is 12.5. The highest BCUT2D eigenvalue weighted by Crippen LogP contribution is 2.56. The molecule has 0 atom stereocenters. The number of aromatic nitrogens is 12. The lowest BCUT2D eigenvalue weighted by Crippen LogP contribution is -2.31. The van der Waals surface area contributed by atoms with Crippen LogP contribution in [0.5, 0.6) is 0 Å². The Morgan fingerprint density at radius 3 is 1.41 bits per heavy atom. The zero-order valence-electron chi connectivity index (χ0n) is 41.1. The summed E-state index contributed by atoms with van der Waals surface area (Å²) in [6, 6.07) is 66.4. The number of fused-ring (bicyclic) bond motifs is 7. The summed E-state index contributed by atoms with van der Waals surface area (Å²) in [4.78, 5) is 44.0. The van der Waals surface area contributed by atoms with Gasteiger partial charge in [0.1, 0.15) is 39.7 Å². The van der Waals surface area contributed by atoms with E-state index >= 15 is 0 Å². The Kier molecular flexibility index (Phi) is 9.93. The van der Waals surface area contributed by atoms with Gasteiger partial charge in [-0.05, 0) is 132 Å². The fourth-order valence-corrected chi connectivity index (χ4v) is 11.0. The van der Waals surface area contributed by atoms with Crippen molar-refractivity contribution in [1.29, 1.82) is 5.26 Å². The molecule has 0 amide bonds. The minimum atomic E-state index is -0.0950. The number of allylic oxidation sites excluding steroid dienone is 1. The molecule has 1 aliphatic rings. The molecule has 14 heteroatoms. The fourth-order valence-electron chi connectivity index (χ4n) is 11.0. The third-order valence-corrected chi connectivity index (χ3v) is 14.3. The molecule has 8 aromatic heterocycles. The van der Waals surface area contributed by atoms with E-state index in [4.69, 9.17) is 41.5 Å². The number of hydrogen-bond acceptors (Lipinski definition) is 8. The van der Waals surface area contributed by atoms with Gasteiger partial charge in [0.05, 0.1) is 18.8 Å². The van der Waals surface area contributed by atoms with E-state index < -0.39 is 0 Å². The van der Waals surface area contributed by atoms with Crippen molar-refractivity contribution in [3.8, 4) is 85.5 Å². The summed E-state index contributed by atoms with van der Waals surface area (Å²) in [5.41, 5.74) is 14.9. The van der Waals surface area contributed by atoms with Crippen LogP contribution in [0.2, 0.25) is 0 Å². The minimum absolute atomic E-state index is 0.0950. The Morgan fingerprint density at radius 1 is 0.474 bits per heavy atom. The van der Waals surface area contributed by atoms with Crippen molar-refractivity contribution in [3.63, 3.8) is 0 Å². The van der Waals surface area contributed by atoms with E-state index in [0.717, 1.165) is 45.0 Å². The number of hydrogen-bond donors (Lipinski definition) is 1. The molecule has 15 rings (SSSR count). The van der Waals surface area contributed by atoms with Crippen LogP contribution in [0.1, 0.15) is 11.1 Å². The van der Waals surface area contributed by atoms with Crippen LogP contribution < -0.4 is 4.57 Å². The van der Waals surface area contributed by atoms with E-state index in [1.807, 2.05) is 170 Å². The zero-order chi connectivity index (χ0) is 51.8. The van der Waals surface area contributed by atoms with E-state index in [1.54, 1.807) is 18.6 Å². The standard InChI is InChI=1S/C64H36N14/c1-66-53(38-65)54-45-34-39(57-70-52-29-17-33-75(64(52)74-57)41-18-6-2-7-19-41)35-47(59-72-50-27-15-31-68-62(50)77(59)43-22-10-4-11-23-43)55(45)56-46(54)36-40(58-71-49-26-14-30-67-61(49)76(58)42-20-8-3-9-21-42)37-48(56)60-73-51-28-16-32-69-63(51)78(60)44-24-12-5-13-25-44/h2-37H/p+1/b54-53-. The molecule has 6 aromatic carbocycles. The van der Waals surface area contributed by atoms with E-state index in [2.05, 4.69) is 64.5 Å². The molecule has 0 radical (unpaired) electrons. The molecule has 0 unspecified atom stereocenters. The van der Waals surface area contributed by atoms with Crippen LogP contribution in [0.15, 0.2) is 225 Å². The molecule has 362 valence electrons. The van der Waals surface area contributed by atoms with Crippen molar-refractivity contribution in [2.75, 3.05) is 0 Å². The second kappa shape index (κ2) is 17.6. The first-order valence-electron chi connectivity index (χ1n) is 25.1. The highest BCUT2D eigenvalue weighted by atomic mass is 15.2. The van der Waals surface area contributed by atoms with Crippen LogP contribution in [-0.2, 0) is 0 Å². The van der Waals surface area contributed by atoms with E-state index in [1.165, 1.54) is 0 Å². The lowest BCUT2D eigenvalue weighted by Gasteiger charge is -2.18. The van der Waals surface area contributed by atoms with Crippen molar-refractivity contribution in [2.45, 2.75) is 0 Å². The van der Waals surface area contributed by atoms with Crippen LogP contribution >= 0.6 is 0 Å². The summed E-state index contributed by atoms with van der Waals surface area (Å²) in [6.07, 6.45) is 7.32. The zero-order valence-corrected chi connectivity index (χ0v) is 41.1. The number of aromatic amines is 1. The highest BCUT2D eigenvalue weighted by Gasteiger charge is 2.37. The molecule has 0 aliphatic heterocycles. The molecule has 0 saturated heterocycles. The summed E-state index contributed by atoms with van der Waals surface area (Å²) in [7, 11) is 0. The van der Waals surface area contributed by atoms with Crippen molar-refractivity contribution in [2.24, 2.45) is 0 Å². The second-order valence-corrected chi connectivity index (χ2v) is 18.7. The quantitative estimate of drug-likeness (QED) is 0.0897. The Bertz CT molecular complexity index is 4850. The predicted molar refractivity (Wildman–Crippen MR) is 300 cm³/mol. The van der Waals surface area contributed by atoms with Gasteiger partial charge in [0.2, 0.25) is 5.82 Å². The Hall–Kier alpha value is -11.5. The van der Waals surface area contributed by atoms with E-state index in [9.17, 15) is 5.26 Å². The molecule has 14 nitrogen and oxygen atoms in total. The third kappa shape index (κ3) is 6.81. The minimum Gasteiger partial charge on any atom is -0.277 e. The van der Waals surface area contributed by atoms with Crippen LogP contribution in [0.25, 0.3) is 135 Å². The predicted octanol–water partition coefficient (Wildman–Crippen LogP) is 12.9. The van der Waals surface area contributed by atoms with Crippen molar-refractivity contribution in [3.05, 3.63) is 247 Å². The molecule has 0 bridgehead atoms. The first-order chi connectivity index (χ1) is 38.6. The average Bonchev–Trinajstić information content (AvgIpc) is 4.53. The Balaban J connectivity index is 1.12. The number of nitrogens with one attached hydrogen (secondary N) is 1. The van der Waals surface area contributed by atoms with Crippen molar-refractivity contribution in [1.82, 2.24) is 53.6 Å². The van der Waals surface area contributed by atoms with E-state index in [-0.39, 0.29) is 5.70 Å². The maximum atomic E-state index is 11.3. The first-order valence-corrected chi connectivity index (χ1v) is 25.1. The smallest absolute Gasteiger partial charge is 0.277 e. The molecule has 78 heavy (non-hydrogen) atoms. The SMILES string of the molecule is [C-]#[N+]/C(C#N)=C1/c2cc(-c3nc4ccc[n+](-c5ccccc5)c4[nH]3)cc(-c3nc4cccnc4n3-c3ccccc3)c2-c2c1cc(-c1nc3cccnc3n1-c1ccccc1)cc2-c1nc2cccnc2n1-c1ccccc1. The fraction of sp³-hybridized carbons (Fsp3) is 0. The molecule has 1 aliphatic carbocycles. The van der Waals surface area contributed by atoms with Gasteiger partial charge in [0.25, 0.3) is 5.70 Å². The number of imidazole rings is 4. The maximum absolute atomic E-state index is 11.3. The van der Waals surface area contributed by atoms with Gasteiger partial charge in [-0.25, -0.2) is 50.0 Å². The Labute approximate surface area is 444 Å². The van der Waals surface area contributed by atoms with Gasteiger partial charge in [0, 0.05) is 74.6 Å². The summed E-state index contributed by atoms with van der Waals surface area (Å²) >= 11 is 0. The van der Waals surface area contributed by atoms with Gasteiger partial charge in [-0.1, -0.05) is 72.8 Å². The number of para-hydroxylation sites is 4. The summed E-state index contributed by atoms with van der Waals surface area (Å²) in [5.74, 6) is 2.34. The monoisotopic (exact) mass is 1000 g/mol. The summed E-state index contributed by atoms with van der Waals surface area (Å²) < 4.78 is 8.28. The van der Waals surface area contributed by atoms with Gasteiger partial charge in [0.15, 0.2) is 22.5 Å². The maximum Gasteiger partial charge on any atom is 0.312 e. The number of benzene rings is 6.